The van der Waals surface area contributed by atoms with Crippen molar-refractivity contribution in [3.8, 4) is 11.1 Å². The number of halogens is 5. The highest BCUT2D eigenvalue weighted by Gasteiger charge is 2.32. The van der Waals surface area contributed by atoms with Crippen molar-refractivity contribution in [1.29, 1.82) is 0 Å². The lowest BCUT2D eigenvalue weighted by Gasteiger charge is -2.40. The molecule has 6 nitrogen and oxygen atoms in total. The molecule has 12 heteroatoms. The highest BCUT2D eigenvalue weighted by Crippen LogP contribution is 2.34. The van der Waals surface area contributed by atoms with Crippen LogP contribution in [0.1, 0.15) is 40.4 Å². The number of alkyl halides is 3. The van der Waals surface area contributed by atoms with Crippen LogP contribution in [0.5, 0.6) is 0 Å². The van der Waals surface area contributed by atoms with Gasteiger partial charge in [-0.05, 0) is 77.6 Å². The first kappa shape index (κ1) is 37.7. The number of likely N-dealkylation sites (tertiary alicyclic amines) is 1. The number of benzene rings is 3. The standard InChI is InChI=1S/C41H37F5N4O2S/c1-27(39(51)50-25-23-48(24-26-50)37(30-12-17-34(43)18-13-30)29-5-4-6-33(42)16-11-29)47-38(53)31-19-21-49(22-20-31)40(52)36-8-3-2-7-35(36)28-9-14-32(15-10-28)41(44,45)46/h2-3,5-18,31,37H,1,19-26H2,(H,47,53). The van der Waals surface area contributed by atoms with Gasteiger partial charge in [0.1, 0.15) is 17.3 Å². The minimum atomic E-state index is -4.45. The number of carbonyl (C=O) groups is 2. The van der Waals surface area contributed by atoms with Crippen molar-refractivity contribution in [2.75, 3.05) is 39.3 Å². The summed E-state index contributed by atoms with van der Waals surface area (Å²) in [6.45, 7) is 6.51. The molecule has 1 atom stereocenters. The molecule has 0 N–H and O–H groups in total. The molecule has 3 aromatic rings. The van der Waals surface area contributed by atoms with E-state index >= 15 is 0 Å². The van der Waals surface area contributed by atoms with E-state index in [1.54, 1.807) is 58.4 Å². The van der Waals surface area contributed by atoms with Gasteiger partial charge in [0.15, 0.2) is 0 Å². The van der Waals surface area contributed by atoms with Crippen molar-refractivity contribution < 1.29 is 31.5 Å². The maximum Gasteiger partial charge on any atom is 0.416 e. The van der Waals surface area contributed by atoms with Crippen LogP contribution in [-0.4, -0.2) is 70.8 Å². The molecule has 53 heavy (non-hydrogen) atoms. The molecular formula is C41H37F5N4O2S. The van der Waals surface area contributed by atoms with Gasteiger partial charge in [-0.15, -0.1) is 18.4 Å². The number of piperidine rings is 1. The zero-order valence-corrected chi connectivity index (χ0v) is 29.6. The minimum Gasteiger partial charge on any atom is -0.339 e. The quantitative estimate of drug-likeness (QED) is 0.0628. The number of amides is 2. The van der Waals surface area contributed by atoms with E-state index in [-0.39, 0.29) is 35.3 Å². The summed E-state index contributed by atoms with van der Waals surface area (Å²) in [4.78, 5) is 37.1. The maximum absolute atomic E-state index is 13.9. The molecule has 2 amide bonds. The summed E-state index contributed by atoms with van der Waals surface area (Å²) in [7, 11) is 0. The summed E-state index contributed by atoms with van der Waals surface area (Å²) in [5.41, 5.74) is 5.23. The Kier molecular flexibility index (Phi) is 11.6. The fourth-order valence-electron chi connectivity index (χ4n) is 6.83. The first-order valence-corrected chi connectivity index (χ1v) is 17.6. The Bertz CT molecular complexity index is 2020. The molecule has 0 spiro atoms. The molecule has 2 saturated heterocycles. The van der Waals surface area contributed by atoms with E-state index in [0.717, 1.165) is 23.3 Å². The van der Waals surface area contributed by atoms with Crippen LogP contribution in [0.4, 0.5) is 22.0 Å². The Balaban J connectivity index is 1.05. The number of aliphatic imine (C=N–C) groups is 1. The lowest BCUT2D eigenvalue weighted by atomic mass is 9.94. The van der Waals surface area contributed by atoms with Crippen LogP contribution in [0.3, 0.4) is 0 Å². The van der Waals surface area contributed by atoms with Crippen molar-refractivity contribution in [2.24, 2.45) is 10.9 Å². The minimum absolute atomic E-state index is 0.0580. The summed E-state index contributed by atoms with van der Waals surface area (Å²) in [5.74, 6) is -1.42. The second-order valence-electron chi connectivity index (χ2n) is 13.1. The second kappa shape index (κ2) is 16.3. The summed E-state index contributed by atoms with van der Waals surface area (Å²) in [5, 5.41) is 0.455. The van der Waals surface area contributed by atoms with Crippen LogP contribution in [0.15, 0.2) is 132 Å². The third-order valence-corrected chi connectivity index (χ3v) is 10.2. The fourth-order valence-corrected chi connectivity index (χ4v) is 7.21. The molecule has 0 radical (unpaired) electrons. The van der Waals surface area contributed by atoms with Crippen LogP contribution in [-0.2, 0) is 11.0 Å². The Hall–Kier alpha value is -5.03. The van der Waals surface area contributed by atoms with Gasteiger partial charge in [0.25, 0.3) is 11.8 Å². The number of carbonyl (C=O) groups excluding carboxylic acids is 2. The van der Waals surface area contributed by atoms with E-state index in [9.17, 15) is 31.5 Å². The normalized spacial score (nSPS) is 18.0. The molecule has 1 unspecified atom stereocenters. The second-order valence-corrected chi connectivity index (χ2v) is 13.5. The molecule has 2 fully saturated rings. The smallest absolute Gasteiger partial charge is 0.339 e. The third-order valence-electron chi connectivity index (χ3n) is 9.70. The van der Waals surface area contributed by atoms with Crippen molar-refractivity contribution in [3.05, 3.63) is 149 Å². The number of piperazine rings is 1. The van der Waals surface area contributed by atoms with Crippen molar-refractivity contribution in [1.82, 2.24) is 14.7 Å². The van der Waals surface area contributed by atoms with Crippen LogP contribution in [0.25, 0.3) is 11.1 Å². The van der Waals surface area contributed by atoms with Gasteiger partial charge in [0.05, 0.1) is 16.6 Å². The van der Waals surface area contributed by atoms with Gasteiger partial charge in [0, 0.05) is 56.8 Å². The SMILES string of the molecule is C=C(N=C(S)C1CCN(C(=O)c2ccccc2-c2ccc(C(F)(F)F)cc2)CC1)C(=O)N1CCN(C(C2=CC=C(F)C=C=C2)c2ccc(F)cc2)CC1. The first-order chi connectivity index (χ1) is 25.4. The predicted molar refractivity (Wildman–Crippen MR) is 198 cm³/mol. The summed E-state index contributed by atoms with van der Waals surface area (Å²) in [6.07, 6.45) is 2.67. The molecule has 6 rings (SSSR count). The van der Waals surface area contributed by atoms with E-state index in [1.807, 2.05) is 0 Å². The topological polar surface area (TPSA) is 56.2 Å². The highest BCUT2D eigenvalue weighted by molar-refractivity contribution is 7.97. The molecule has 0 aromatic heterocycles. The predicted octanol–water partition coefficient (Wildman–Crippen LogP) is 8.60. The molecule has 1 aliphatic carbocycles. The van der Waals surface area contributed by atoms with Crippen molar-refractivity contribution in [3.63, 3.8) is 0 Å². The van der Waals surface area contributed by atoms with E-state index in [4.69, 9.17) is 0 Å². The monoisotopic (exact) mass is 744 g/mol. The van der Waals surface area contributed by atoms with Gasteiger partial charge < -0.3 is 9.80 Å². The van der Waals surface area contributed by atoms with Crippen molar-refractivity contribution in [2.45, 2.75) is 25.1 Å². The zero-order chi connectivity index (χ0) is 37.7. The lowest BCUT2D eigenvalue weighted by molar-refractivity contribution is -0.137. The molecule has 0 saturated carbocycles. The zero-order valence-electron chi connectivity index (χ0n) is 28.7. The summed E-state index contributed by atoms with van der Waals surface area (Å²) >= 11 is 4.63. The van der Waals surface area contributed by atoms with Gasteiger partial charge >= 0.3 is 6.18 Å². The summed E-state index contributed by atoms with van der Waals surface area (Å²) < 4.78 is 67.0. The summed E-state index contributed by atoms with van der Waals surface area (Å²) in [6, 6.07) is 17.5. The van der Waals surface area contributed by atoms with Gasteiger partial charge in [-0.2, -0.15) is 13.2 Å². The number of hydrogen-bond acceptors (Lipinski definition) is 4. The highest BCUT2D eigenvalue weighted by atomic mass is 32.1. The number of hydrogen-bond donors (Lipinski definition) is 1. The van der Waals surface area contributed by atoms with Gasteiger partial charge in [-0.3, -0.25) is 14.5 Å². The largest absolute Gasteiger partial charge is 0.416 e. The van der Waals surface area contributed by atoms with E-state index in [0.29, 0.717) is 73.8 Å². The third kappa shape index (κ3) is 8.96. The van der Waals surface area contributed by atoms with E-state index < -0.39 is 17.6 Å². The Labute approximate surface area is 310 Å². The van der Waals surface area contributed by atoms with Crippen LogP contribution in [0.2, 0.25) is 0 Å². The number of nitrogens with zero attached hydrogens (tertiary/aromatic N) is 4. The molecular weight excluding hydrogens is 708 g/mol. The van der Waals surface area contributed by atoms with Crippen LogP contribution >= 0.6 is 12.6 Å². The van der Waals surface area contributed by atoms with E-state index in [2.05, 4.69) is 34.8 Å². The van der Waals surface area contributed by atoms with Gasteiger partial charge in [-0.1, -0.05) is 55.1 Å². The lowest BCUT2D eigenvalue weighted by Crippen LogP contribution is -2.50. The molecule has 0 bridgehead atoms. The average molecular weight is 745 g/mol. The molecule has 3 aromatic carbocycles. The number of rotatable bonds is 8. The Morgan fingerprint density at radius 3 is 2.15 bits per heavy atom. The Morgan fingerprint density at radius 1 is 0.830 bits per heavy atom. The molecule has 3 aliphatic rings. The number of allylic oxidation sites excluding steroid dienone is 3. The van der Waals surface area contributed by atoms with Crippen LogP contribution in [0, 0.1) is 11.7 Å². The van der Waals surface area contributed by atoms with Crippen molar-refractivity contribution >= 4 is 29.5 Å². The Morgan fingerprint density at radius 2 is 1.49 bits per heavy atom. The fraction of sp³-hybridized carbons (Fsp3) is 0.268. The van der Waals surface area contributed by atoms with Gasteiger partial charge in [0.2, 0.25) is 0 Å². The average Bonchev–Trinajstić information content (AvgIpc) is 3.39. The van der Waals surface area contributed by atoms with Gasteiger partial charge in [-0.25, -0.2) is 13.8 Å². The maximum atomic E-state index is 13.9. The van der Waals surface area contributed by atoms with Crippen LogP contribution < -0.4 is 0 Å². The molecule has 2 heterocycles. The van der Waals surface area contributed by atoms with E-state index in [1.165, 1.54) is 36.4 Å². The molecule has 274 valence electrons. The number of thiol groups is 1. The molecule has 2 aliphatic heterocycles. The first-order valence-electron chi connectivity index (χ1n) is 17.2.